The van der Waals surface area contributed by atoms with Crippen LogP contribution in [-0.4, -0.2) is 49.5 Å². The molecule has 2 amide bonds. The highest BCUT2D eigenvalue weighted by atomic mass is 32.2. The van der Waals surface area contributed by atoms with E-state index in [4.69, 9.17) is 0 Å². The molecule has 0 saturated carbocycles. The summed E-state index contributed by atoms with van der Waals surface area (Å²) < 4.78 is 26.3. The Kier molecular flexibility index (Phi) is 9.49. The first-order valence-corrected chi connectivity index (χ1v) is 13.7. The Labute approximate surface area is 210 Å². The Morgan fingerprint density at radius 2 is 1.54 bits per heavy atom. The number of carbonyl (C=O) groups excluding carboxylic acids is 2. The lowest BCUT2D eigenvalue weighted by atomic mass is 10.1. The molecule has 2 aromatic rings. The molecular weight excluding hydrogens is 462 g/mol. The van der Waals surface area contributed by atoms with E-state index in [1.807, 2.05) is 71.0 Å². The first kappa shape index (κ1) is 28.4. The standard InChI is InChI=1S/C27H39N3O4S/c1-20-13-8-10-15-23(20)19-29(22(3)26(32)28-27(4,5)6)25(31)17-12-18-30(35(7,33)34)24-16-11-9-14-21(24)2/h8-11,13-16,22H,12,17-19H2,1-7H3,(H,28,32)/t22-/m0/s1. The lowest BCUT2D eigenvalue weighted by Gasteiger charge is -2.32. The molecule has 0 aliphatic rings. The Hall–Kier alpha value is -2.87. The average Bonchev–Trinajstić information content (AvgIpc) is 2.74. The summed E-state index contributed by atoms with van der Waals surface area (Å²) in [4.78, 5) is 27.9. The van der Waals surface area contributed by atoms with Crippen molar-refractivity contribution in [2.75, 3.05) is 17.1 Å². The second-order valence-corrected chi connectivity index (χ2v) is 12.0. The third-order valence-corrected chi connectivity index (χ3v) is 6.98. The van der Waals surface area contributed by atoms with E-state index in [9.17, 15) is 18.0 Å². The summed E-state index contributed by atoms with van der Waals surface area (Å²) in [6.45, 7) is 11.7. The predicted octanol–water partition coefficient (Wildman–Crippen LogP) is 4.18. The molecule has 0 bridgehead atoms. The number of rotatable bonds is 10. The summed E-state index contributed by atoms with van der Waals surface area (Å²) in [5.41, 5.74) is 3.03. The van der Waals surface area contributed by atoms with Crippen molar-refractivity contribution < 1.29 is 18.0 Å². The van der Waals surface area contributed by atoms with Gasteiger partial charge in [-0.2, -0.15) is 0 Å². The van der Waals surface area contributed by atoms with Gasteiger partial charge in [-0.05, 0) is 70.7 Å². The third-order valence-electron chi connectivity index (χ3n) is 5.80. The van der Waals surface area contributed by atoms with E-state index < -0.39 is 21.6 Å². The van der Waals surface area contributed by atoms with Crippen LogP contribution < -0.4 is 9.62 Å². The molecule has 0 saturated heterocycles. The number of para-hydroxylation sites is 1. The highest BCUT2D eigenvalue weighted by Gasteiger charge is 2.29. The molecule has 8 heteroatoms. The van der Waals surface area contributed by atoms with Gasteiger partial charge in [0.15, 0.2) is 0 Å². The smallest absolute Gasteiger partial charge is 0.242 e. The van der Waals surface area contributed by atoms with Crippen molar-refractivity contribution in [3.63, 3.8) is 0 Å². The van der Waals surface area contributed by atoms with Gasteiger partial charge in [0.25, 0.3) is 0 Å². The third kappa shape index (κ3) is 8.38. The minimum Gasteiger partial charge on any atom is -0.350 e. The van der Waals surface area contributed by atoms with Crippen LogP contribution in [0.25, 0.3) is 0 Å². The summed E-state index contributed by atoms with van der Waals surface area (Å²) in [5, 5.41) is 2.96. The molecule has 0 aliphatic heterocycles. The van der Waals surface area contributed by atoms with Crippen molar-refractivity contribution in [1.82, 2.24) is 10.2 Å². The number of hydrogen-bond donors (Lipinski definition) is 1. The molecular formula is C27H39N3O4S. The fraction of sp³-hybridized carbons (Fsp3) is 0.481. The predicted molar refractivity (Wildman–Crippen MR) is 142 cm³/mol. The summed E-state index contributed by atoms with van der Waals surface area (Å²) in [6, 6.07) is 14.4. The SMILES string of the molecule is Cc1ccccc1CN(C(=O)CCCN(c1ccccc1C)S(C)(=O)=O)[C@@H](C)C(=O)NC(C)(C)C. The maximum Gasteiger partial charge on any atom is 0.242 e. The van der Waals surface area contributed by atoms with Crippen LogP contribution in [0.2, 0.25) is 0 Å². The molecule has 35 heavy (non-hydrogen) atoms. The monoisotopic (exact) mass is 501 g/mol. The Morgan fingerprint density at radius 1 is 0.971 bits per heavy atom. The summed E-state index contributed by atoms with van der Waals surface area (Å²) >= 11 is 0. The summed E-state index contributed by atoms with van der Waals surface area (Å²) in [5.74, 6) is -0.417. The molecule has 192 valence electrons. The number of aryl methyl sites for hydroxylation is 2. The molecule has 0 aromatic heterocycles. The van der Waals surface area contributed by atoms with E-state index in [1.165, 1.54) is 10.6 Å². The highest BCUT2D eigenvalue weighted by molar-refractivity contribution is 7.92. The molecule has 0 aliphatic carbocycles. The normalized spacial score (nSPS) is 12.7. The molecule has 0 spiro atoms. The maximum atomic E-state index is 13.4. The molecule has 1 N–H and O–H groups in total. The molecule has 7 nitrogen and oxygen atoms in total. The lowest BCUT2D eigenvalue weighted by Crippen LogP contribution is -2.52. The summed E-state index contributed by atoms with van der Waals surface area (Å²) in [7, 11) is -3.52. The molecule has 2 rings (SSSR count). The van der Waals surface area contributed by atoms with Crippen molar-refractivity contribution >= 4 is 27.5 Å². The molecule has 0 heterocycles. The van der Waals surface area contributed by atoms with Crippen LogP contribution in [-0.2, 0) is 26.2 Å². The van der Waals surface area contributed by atoms with Gasteiger partial charge in [-0.1, -0.05) is 42.5 Å². The second-order valence-electron chi connectivity index (χ2n) is 10.1. The van der Waals surface area contributed by atoms with Gasteiger partial charge in [0.05, 0.1) is 11.9 Å². The van der Waals surface area contributed by atoms with Gasteiger partial charge in [0, 0.05) is 25.0 Å². The minimum atomic E-state index is -3.52. The van der Waals surface area contributed by atoms with Crippen LogP contribution in [0.5, 0.6) is 0 Å². The minimum absolute atomic E-state index is 0.122. The van der Waals surface area contributed by atoms with Crippen molar-refractivity contribution in [2.24, 2.45) is 0 Å². The van der Waals surface area contributed by atoms with Crippen LogP contribution in [0.15, 0.2) is 48.5 Å². The first-order chi connectivity index (χ1) is 16.2. The van der Waals surface area contributed by atoms with Crippen LogP contribution in [0.1, 0.15) is 57.2 Å². The molecule has 2 aromatic carbocycles. The Bertz CT molecular complexity index is 1140. The van der Waals surface area contributed by atoms with E-state index in [1.54, 1.807) is 24.0 Å². The quantitative estimate of drug-likeness (QED) is 0.529. The van der Waals surface area contributed by atoms with E-state index in [-0.39, 0.29) is 24.8 Å². The Morgan fingerprint density at radius 3 is 2.09 bits per heavy atom. The fourth-order valence-corrected chi connectivity index (χ4v) is 4.88. The van der Waals surface area contributed by atoms with Crippen LogP contribution >= 0.6 is 0 Å². The maximum absolute atomic E-state index is 13.4. The number of amides is 2. The van der Waals surface area contributed by atoms with Crippen molar-refractivity contribution in [3.05, 3.63) is 65.2 Å². The number of benzene rings is 2. The molecule has 0 radical (unpaired) electrons. The largest absolute Gasteiger partial charge is 0.350 e. The fourth-order valence-electron chi connectivity index (χ4n) is 3.85. The van der Waals surface area contributed by atoms with Crippen LogP contribution in [0.4, 0.5) is 5.69 Å². The zero-order chi connectivity index (χ0) is 26.4. The molecule has 0 unspecified atom stereocenters. The number of hydrogen-bond acceptors (Lipinski definition) is 4. The zero-order valence-corrected chi connectivity index (χ0v) is 22.8. The highest BCUT2D eigenvalue weighted by Crippen LogP contribution is 2.23. The van der Waals surface area contributed by atoms with Crippen LogP contribution in [0, 0.1) is 13.8 Å². The number of sulfonamides is 1. The topological polar surface area (TPSA) is 86.8 Å². The van der Waals surface area contributed by atoms with Gasteiger partial charge in [0.2, 0.25) is 21.8 Å². The zero-order valence-electron chi connectivity index (χ0n) is 22.0. The van der Waals surface area contributed by atoms with Gasteiger partial charge in [-0.3, -0.25) is 13.9 Å². The van der Waals surface area contributed by atoms with E-state index in [0.717, 1.165) is 16.7 Å². The van der Waals surface area contributed by atoms with Gasteiger partial charge in [0.1, 0.15) is 6.04 Å². The van der Waals surface area contributed by atoms with Gasteiger partial charge < -0.3 is 10.2 Å². The van der Waals surface area contributed by atoms with E-state index >= 15 is 0 Å². The van der Waals surface area contributed by atoms with Gasteiger partial charge >= 0.3 is 0 Å². The van der Waals surface area contributed by atoms with E-state index in [0.29, 0.717) is 18.7 Å². The van der Waals surface area contributed by atoms with Crippen molar-refractivity contribution in [1.29, 1.82) is 0 Å². The average molecular weight is 502 g/mol. The number of nitrogens with one attached hydrogen (secondary N) is 1. The van der Waals surface area contributed by atoms with Crippen molar-refractivity contribution in [2.45, 2.75) is 72.5 Å². The van der Waals surface area contributed by atoms with E-state index in [2.05, 4.69) is 5.32 Å². The molecule has 1 atom stereocenters. The second kappa shape index (κ2) is 11.7. The summed E-state index contributed by atoms with van der Waals surface area (Å²) in [6.07, 6.45) is 1.62. The van der Waals surface area contributed by atoms with Crippen LogP contribution in [0.3, 0.4) is 0 Å². The van der Waals surface area contributed by atoms with Gasteiger partial charge in [-0.15, -0.1) is 0 Å². The molecule has 0 fully saturated rings. The lowest BCUT2D eigenvalue weighted by molar-refractivity contribution is -0.141. The van der Waals surface area contributed by atoms with Gasteiger partial charge in [-0.25, -0.2) is 8.42 Å². The Balaban J connectivity index is 2.21. The number of carbonyl (C=O) groups is 2. The number of nitrogens with zero attached hydrogens (tertiary/aromatic N) is 2. The number of anilines is 1. The first-order valence-electron chi connectivity index (χ1n) is 11.9. The van der Waals surface area contributed by atoms with Crippen molar-refractivity contribution in [3.8, 4) is 0 Å².